The maximum absolute atomic E-state index is 13.4. The van der Waals surface area contributed by atoms with Gasteiger partial charge < -0.3 is 5.11 Å². The minimum absolute atomic E-state index is 0.122. The summed E-state index contributed by atoms with van der Waals surface area (Å²) in [7, 11) is 0. The molecule has 1 aliphatic rings. The molecule has 1 amide bonds. The summed E-state index contributed by atoms with van der Waals surface area (Å²) in [5.74, 6) is -2.78. The Morgan fingerprint density at radius 3 is 2.66 bits per heavy atom. The van der Waals surface area contributed by atoms with Gasteiger partial charge in [0.15, 0.2) is 11.6 Å². The zero-order chi connectivity index (χ0) is 21.0. The molecule has 1 aromatic heterocycles. The molecule has 2 aromatic rings. The van der Waals surface area contributed by atoms with Crippen molar-refractivity contribution in [2.45, 2.75) is 25.7 Å². The van der Waals surface area contributed by atoms with Gasteiger partial charge in [0, 0.05) is 17.8 Å². The van der Waals surface area contributed by atoms with Crippen LogP contribution in [0.25, 0.3) is 17.2 Å². The number of halogens is 2. The van der Waals surface area contributed by atoms with Gasteiger partial charge in [-0.2, -0.15) is 0 Å². The number of thiophene rings is 1. The van der Waals surface area contributed by atoms with Gasteiger partial charge >= 0.3 is 5.97 Å². The van der Waals surface area contributed by atoms with E-state index in [9.17, 15) is 18.4 Å². The summed E-state index contributed by atoms with van der Waals surface area (Å²) >= 11 is 7.92. The number of hydrogen-bond donors (Lipinski definition) is 1. The van der Waals surface area contributed by atoms with E-state index in [4.69, 9.17) is 17.3 Å². The van der Waals surface area contributed by atoms with Crippen LogP contribution in [0.4, 0.5) is 8.78 Å². The molecule has 2 heterocycles. The van der Waals surface area contributed by atoms with Gasteiger partial charge in [0.05, 0.1) is 4.91 Å². The summed E-state index contributed by atoms with van der Waals surface area (Å²) in [4.78, 5) is 26.0. The minimum Gasteiger partial charge on any atom is -0.481 e. The number of hydrogen-bond acceptors (Lipinski definition) is 5. The molecular weight excluding hydrogens is 436 g/mol. The summed E-state index contributed by atoms with van der Waals surface area (Å²) in [6.45, 7) is 0.464. The fraction of sp³-hybridized carbons (Fsp3) is 0.250. The lowest BCUT2D eigenvalue weighted by molar-refractivity contribution is -0.137. The lowest BCUT2D eigenvalue weighted by Crippen LogP contribution is -2.29. The summed E-state index contributed by atoms with van der Waals surface area (Å²) in [5.41, 5.74) is 1.31. The van der Waals surface area contributed by atoms with Crippen LogP contribution < -0.4 is 0 Å². The predicted octanol–water partition coefficient (Wildman–Crippen LogP) is 5.54. The van der Waals surface area contributed by atoms with Crippen molar-refractivity contribution in [3.05, 3.63) is 51.1 Å². The molecule has 0 atom stereocenters. The van der Waals surface area contributed by atoms with Crippen molar-refractivity contribution in [3.63, 3.8) is 0 Å². The number of thiocarbonyl (C=S) groups is 1. The van der Waals surface area contributed by atoms with Crippen LogP contribution in [-0.4, -0.2) is 32.7 Å². The summed E-state index contributed by atoms with van der Waals surface area (Å²) in [6.07, 6.45) is 3.84. The quantitative estimate of drug-likeness (QED) is 0.323. The number of carbonyl (C=O) groups is 2. The minimum atomic E-state index is -0.903. The molecule has 1 fully saturated rings. The van der Waals surface area contributed by atoms with Crippen molar-refractivity contribution in [2.24, 2.45) is 0 Å². The van der Waals surface area contributed by atoms with Gasteiger partial charge in [0.1, 0.15) is 4.32 Å². The van der Waals surface area contributed by atoms with Crippen molar-refractivity contribution >= 4 is 57.6 Å². The van der Waals surface area contributed by atoms with E-state index in [1.54, 1.807) is 6.08 Å². The van der Waals surface area contributed by atoms with Gasteiger partial charge in [-0.05, 0) is 53.6 Å². The Bertz CT molecular complexity index is 987. The highest BCUT2D eigenvalue weighted by Crippen LogP contribution is 2.35. The molecule has 1 saturated heterocycles. The normalized spacial score (nSPS) is 15.5. The van der Waals surface area contributed by atoms with Gasteiger partial charge in [-0.25, -0.2) is 8.78 Å². The first kappa shape index (κ1) is 21.6. The molecule has 1 aliphatic heterocycles. The molecule has 3 rings (SSSR count). The summed E-state index contributed by atoms with van der Waals surface area (Å²) in [6, 6.07) is 5.55. The van der Waals surface area contributed by atoms with Crippen LogP contribution in [0.1, 0.15) is 30.6 Å². The lowest BCUT2D eigenvalue weighted by Gasteiger charge is -2.13. The zero-order valence-electron chi connectivity index (χ0n) is 15.2. The Balaban J connectivity index is 1.64. The van der Waals surface area contributed by atoms with Crippen LogP contribution in [0.3, 0.4) is 0 Å². The van der Waals surface area contributed by atoms with Crippen LogP contribution in [-0.2, 0) is 9.59 Å². The predicted molar refractivity (Wildman–Crippen MR) is 116 cm³/mol. The molecule has 0 spiro atoms. The largest absolute Gasteiger partial charge is 0.481 e. The van der Waals surface area contributed by atoms with Crippen molar-refractivity contribution in [1.82, 2.24) is 4.90 Å². The zero-order valence-corrected chi connectivity index (χ0v) is 17.6. The third kappa shape index (κ3) is 5.49. The number of benzene rings is 1. The number of nitrogens with zero attached hydrogens (tertiary/aromatic N) is 1. The second-order valence-corrected chi connectivity index (χ2v) is 9.02. The van der Waals surface area contributed by atoms with Gasteiger partial charge in [-0.3, -0.25) is 14.5 Å². The molecule has 4 nitrogen and oxygen atoms in total. The van der Waals surface area contributed by atoms with Gasteiger partial charge in [-0.1, -0.05) is 36.5 Å². The van der Waals surface area contributed by atoms with E-state index in [0.717, 1.165) is 22.6 Å². The van der Waals surface area contributed by atoms with Gasteiger partial charge in [0.2, 0.25) is 0 Å². The highest BCUT2D eigenvalue weighted by atomic mass is 32.2. The number of carboxylic acid groups (broad SMARTS) is 1. The van der Waals surface area contributed by atoms with E-state index in [1.807, 2.05) is 11.4 Å². The average Bonchev–Trinajstić information content (AvgIpc) is 3.23. The number of amides is 1. The second kappa shape index (κ2) is 9.60. The van der Waals surface area contributed by atoms with E-state index >= 15 is 0 Å². The Hall–Kier alpha value is -2.10. The third-order valence-corrected chi connectivity index (χ3v) is 6.55. The van der Waals surface area contributed by atoms with Crippen molar-refractivity contribution in [2.75, 3.05) is 6.54 Å². The van der Waals surface area contributed by atoms with E-state index in [-0.39, 0.29) is 12.3 Å². The average molecular weight is 454 g/mol. The van der Waals surface area contributed by atoms with E-state index in [0.29, 0.717) is 40.6 Å². The van der Waals surface area contributed by atoms with Gasteiger partial charge in [-0.15, -0.1) is 11.3 Å². The first-order valence-corrected chi connectivity index (χ1v) is 11.0. The number of aliphatic carboxylic acids is 1. The van der Waals surface area contributed by atoms with Gasteiger partial charge in [0.25, 0.3) is 5.91 Å². The number of carbonyl (C=O) groups excluding carboxylic acids is 1. The SMILES string of the molecule is O=C(O)CCCCCN1C(=O)C(=Cc2cc(-c3ccc(F)c(F)c3)cs2)SC1=S. The van der Waals surface area contributed by atoms with Crippen LogP contribution >= 0.6 is 35.3 Å². The van der Waals surface area contributed by atoms with Crippen molar-refractivity contribution in [1.29, 1.82) is 0 Å². The Morgan fingerprint density at radius 1 is 1.14 bits per heavy atom. The van der Waals surface area contributed by atoms with Crippen molar-refractivity contribution < 1.29 is 23.5 Å². The molecule has 0 aliphatic carbocycles. The highest BCUT2D eigenvalue weighted by molar-refractivity contribution is 8.26. The second-order valence-electron chi connectivity index (χ2n) is 6.40. The number of carboxylic acids is 1. The molecule has 1 aromatic carbocycles. The number of unbranched alkanes of at least 4 members (excludes halogenated alkanes) is 2. The Morgan fingerprint density at radius 2 is 1.93 bits per heavy atom. The Kier molecular flexibility index (Phi) is 7.15. The van der Waals surface area contributed by atoms with Crippen LogP contribution in [0, 0.1) is 11.6 Å². The molecule has 1 N–H and O–H groups in total. The third-order valence-electron chi connectivity index (χ3n) is 4.29. The number of thioether (sulfide) groups is 1. The number of rotatable bonds is 8. The maximum atomic E-state index is 13.4. The summed E-state index contributed by atoms with van der Waals surface area (Å²) < 4.78 is 27.0. The molecule has 0 radical (unpaired) electrons. The molecule has 9 heteroatoms. The lowest BCUT2D eigenvalue weighted by atomic mass is 10.1. The first-order chi connectivity index (χ1) is 13.8. The first-order valence-electron chi connectivity index (χ1n) is 8.86. The van der Waals surface area contributed by atoms with E-state index in [2.05, 4.69) is 0 Å². The smallest absolute Gasteiger partial charge is 0.303 e. The molecular formula is C20H17F2NO3S3. The van der Waals surface area contributed by atoms with Crippen LogP contribution in [0.2, 0.25) is 0 Å². The fourth-order valence-electron chi connectivity index (χ4n) is 2.80. The van der Waals surface area contributed by atoms with Crippen LogP contribution in [0.5, 0.6) is 0 Å². The maximum Gasteiger partial charge on any atom is 0.303 e. The van der Waals surface area contributed by atoms with Crippen molar-refractivity contribution in [3.8, 4) is 11.1 Å². The van der Waals surface area contributed by atoms with E-state index < -0.39 is 17.6 Å². The monoisotopic (exact) mass is 453 g/mol. The molecule has 0 unspecified atom stereocenters. The van der Waals surface area contributed by atoms with Crippen LogP contribution in [0.15, 0.2) is 34.6 Å². The topological polar surface area (TPSA) is 57.6 Å². The molecule has 0 saturated carbocycles. The highest BCUT2D eigenvalue weighted by Gasteiger charge is 2.31. The molecule has 152 valence electrons. The van der Waals surface area contributed by atoms with E-state index in [1.165, 1.54) is 34.1 Å². The molecule has 29 heavy (non-hydrogen) atoms. The fourth-order valence-corrected chi connectivity index (χ4v) is 5.02. The molecule has 0 bridgehead atoms. The Labute approximate surface area is 180 Å². The summed E-state index contributed by atoms with van der Waals surface area (Å²) in [5, 5.41) is 10.5. The standard InChI is InChI=1S/C20H17F2NO3S3/c21-15-6-5-12(9-16(15)22)13-8-14(28-11-13)10-17-19(26)23(20(27)29-17)7-3-1-2-4-18(24)25/h5-6,8-11H,1-4,7H2,(H,24,25).